The number of nitrogens with zero attached hydrogens (tertiary/aromatic N) is 1. The minimum atomic E-state index is -0.657. The summed E-state index contributed by atoms with van der Waals surface area (Å²) in [5.74, 6) is -0.726. The predicted molar refractivity (Wildman–Crippen MR) is 119 cm³/mol. The lowest BCUT2D eigenvalue weighted by molar-refractivity contribution is -0.118. The van der Waals surface area contributed by atoms with E-state index < -0.39 is 11.8 Å². The number of halogens is 2. The van der Waals surface area contributed by atoms with Gasteiger partial charge < -0.3 is 15.4 Å². The molecular weight excluding hydrogens is 425 g/mol. The molecule has 6 nitrogen and oxygen atoms in total. The quantitative estimate of drug-likeness (QED) is 0.242. The molecule has 2 N–H and O–H groups in total. The molecular formula is C22H17Cl2N3O3. The molecule has 1 heterocycles. The van der Waals surface area contributed by atoms with E-state index in [2.05, 4.69) is 15.6 Å². The van der Waals surface area contributed by atoms with Crippen LogP contribution in [0.4, 0.5) is 11.4 Å². The fraction of sp³-hybridized carbons (Fsp3) is 0.0455. The minimum absolute atomic E-state index is 0.165. The summed E-state index contributed by atoms with van der Waals surface area (Å²) in [6.45, 7) is 0. The van der Waals surface area contributed by atoms with Gasteiger partial charge >= 0.3 is 0 Å². The van der Waals surface area contributed by atoms with Gasteiger partial charge in [-0.2, -0.15) is 0 Å². The topological polar surface area (TPSA) is 80.3 Å². The summed E-state index contributed by atoms with van der Waals surface area (Å²) < 4.78 is 5.10. The Balaban J connectivity index is 1.93. The maximum absolute atomic E-state index is 13.0. The molecule has 8 heteroatoms. The highest BCUT2D eigenvalue weighted by molar-refractivity contribution is 6.36. The zero-order valence-electron chi connectivity index (χ0n) is 15.9. The van der Waals surface area contributed by atoms with E-state index in [0.29, 0.717) is 22.7 Å². The second-order valence-corrected chi connectivity index (χ2v) is 6.83. The van der Waals surface area contributed by atoms with Crippen molar-refractivity contribution in [3.63, 3.8) is 0 Å². The zero-order valence-corrected chi connectivity index (χ0v) is 17.4. The van der Waals surface area contributed by atoms with Crippen LogP contribution >= 0.6 is 23.2 Å². The number of hydrogen-bond acceptors (Lipinski definition) is 4. The van der Waals surface area contributed by atoms with Gasteiger partial charge in [0.2, 0.25) is 0 Å². The number of rotatable bonds is 6. The number of nitrogens with one attached hydrogen (secondary N) is 2. The van der Waals surface area contributed by atoms with Gasteiger partial charge in [0.1, 0.15) is 16.5 Å². The van der Waals surface area contributed by atoms with Gasteiger partial charge in [-0.3, -0.25) is 9.59 Å². The van der Waals surface area contributed by atoms with Gasteiger partial charge in [-0.1, -0.05) is 47.5 Å². The first-order valence-corrected chi connectivity index (χ1v) is 9.57. The van der Waals surface area contributed by atoms with E-state index in [-0.39, 0.29) is 15.7 Å². The lowest BCUT2D eigenvalue weighted by atomic mass is 10.1. The van der Waals surface area contributed by atoms with Crippen molar-refractivity contribution in [2.24, 2.45) is 0 Å². The Morgan fingerprint density at radius 1 is 0.967 bits per heavy atom. The third-order valence-electron chi connectivity index (χ3n) is 4.03. The summed E-state index contributed by atoms with van der Waals surface area (Å²) in [4.78, 5) is 29.8. The van der Waals surface area contributed by atoms with Crippen LogP contribution < -0.4 is 15.4 Å². The number of carbonyl (C=O) groups excluding carboxylic acids is 2. The molecule has 0 aliphatic carbocycles. The second-order valence-electron chi connectivity index (χ2n) is 6.06. The first kappa shape index (κ1) is 21.4. The van der Waals surface area contributed by atoms with Crippen LogP contribution in [0.25, 0.3) is 6.08 Å². The van der Waals surface area contributed by atoms with Gasteiger partial charge in [0.15, 0.2) is 0 Å². The standard InChI is InChI=1S/C22H17Cl2N3O3/c1-30-16-9-10-19(18(23)13-16)27-22(29)17(12-14-6-5-11-25-20(14)24)21(28)26-15-7-3-2-4-8-15/h2-13H,1H3,(H,26,28)(H,27,29)/b17-12-. The minimum Gasteiger partial charge on any atom is -0.497 e. The number of pyridine rings is 1. The van der Waals surface area contributed by atoms with Crippen LogP contribution in [0.2, 0.25) is 10.2 Å². The van der Waals surface area contributed by atoms with Crippen LogP contribution in [0.5, 0.6) is 5.75 Å². The van der Waals surface area contributed by atoms with Gasteiger partial charge in [0.05, 0.1) is 17.8 Å². The Morgan fingerprint density at radius 2 is 1.70 bits per heavy atom. The molecule has 152 valence electrons. The highest BCUT2D eigenvalue weighted by atomic mass is 35.5. The Morgan fingerprint density at radius 3 is 2.37 bits per heavy atom. The van der Waals surface area contributed by atoms with Crippen LogP contribution in [0.15, 0.2) is 72.4 Å². The molecule has 2 amide bonds. The molecule has 0 aliphatic rings. The number of amides is 2. The third kappa shape index (κ3) is 5.37. The van der Waals surface area contributed by atoms with Crippen LogP contribution in [-0.4, -0.2) is 23.9 Å². The van der Waals surface area contributed by atoms with Crippen molar-refractivity contribution in [1.29, 1.82) is 0 Å². The largest absolute Gasteiger partial charge is 0.497 e. The van der Waals surface area contributed by atoms with Gasteiger partial charge in [-0.15, -0.1) is 0 Å². The monoisotopic (exact) mass is 441 g/mol. The lowest BCUT2D eigenvalue weighted by Gasteiger charge is -2.12. The molecule has 0 radical (unpaired) electrons. The maximum Gasteiger partial charge on any atom is 0.261 e. The average molecular weight is 442 g/mol. The Hall–Kier alpha value is -3.35. The number of benzene rings is 2. The van der Waals surface area contributed by atoms with Crippen molar-refractivity contribution in [1.82, 2.24) is 4.98 Å². The van der Waals surface area contributed by atoms with Gasteiger partial charge in [-0.25, -0.2) is 4.98 Å². The van der Waals surface area contributed by atoms with E-state index in [9.17, 15) is 9.59 Å². The van der Waals surface area contributed by atoms with Crippen LogP contribution in [0.3, 0.4) is 0 Å². The van der Waals surface area contributed by atoms with Crippen molar-refractivity contribution in [2.45, 2.75) is 0 Å². The van der Waals surface area contributed by atoms with Crippen LogP contribution in [-0.2, 0) is 9.59 Å². The van der Waals surface area contributed by atoms with Crippen molar-refractivity contribution in [3.8, 4) is 5.75 Å². The number of hydrogen-bond donors (Lipinski definition) is 2. The molecule has 0 saturated carbocycles. The normalized spacial score (nSPS) is 11.0. The SMILES string of the molecule is COc1ccc(NC(=O)/C(=C\c2cccnc2Cl)C(=O)Nc2ccccc2)c(Cl)c1. The van der Waals surface area contributed by atoms with Gasteiger partial charge in [0.25, 0.3) is 11.8 Å². The van der Waals surface area contributed by atoms with Gasteiger partial charge in [-0.05, 0) is 36.4 Å². The van der Waals surface area contributed by atoms with E-state index in [1.54, 1.807) is 54.6 Å². The Labute approximate surface area is 183 Å². The lowest BCUT2D eigenvalue weighted by Crippen LogP contribution is -2.25. The summed E-state index contributed by atoms with van der Waals surface area (Å²) in [5, 5.41) is 5.78. The number of aromatic nitrogens is 1. The fourth-order valence-corrected chi connectivity index (χ4v) is 2.92. The molecule has 0 atom stereocenters. The predicted octanol–water partition coefficient (Wildman–Crippen LogP) is 5.06. The average Bonchev–Trinajstić information content (AvgIpc) is 2.75. The molecule has 3 rings (SSSR count). The van der Waals surface area contributed by atoms with E-state index >= 15 is 0 Å². The van der Waals surface area contributed by atoms with Crippen molar-refractivity contribution in [2.75, 3.05) is 17.7 Å². The smallest absolute Gasteiger partial charge is 0.261 e. The zero-order chi connectivity index (χ0) is 21.5. The van der Waals surface area contributed by atoms with Crippen molar-refractivity contribution >= 4 is 52.5 Å². The van der Waals surface area contributed by atoms with Crippen molar-refractivity contribution in [3.05, 3.63) is 88.2 Å². The fourth-order valence-electron chi connectivity index (χ4n) is 2.53. The summed E-state index contributed by atoms with van der Waals surface area (Å²) in [6, 6.07) is 16.9. The number of anilines is 2. The summed E-state index contributed by atoms with van der Waals surface area (Å²) in [6.07, 6.45) is 2.89. The molecule has 0 bridgehead atoms. The summed E-state index contributed by atoms with van der Waals surface area (Å²) in [7, 11) is 1.51. The Bertz CT molecular complexity index is 1100. The molecule has 3 aromatic rings. The molecule has 0 fully saturated rings. The van der Waals surface area contributed by atoms with E-state index in [4.69, 9.17) is 27.9 Å². The number of carbonyl (C=O) groups is 2. The van der Waals surface area contributed by atoms with Crippen molar-refractivity contribution < 1.29 is 14.3 Å². The first-order valence-electron chi connectivity index (χ1n) is 8.81. The van der Waals surface area contributed by atoms with E-state index in [0.717, 1.165) is 0 Å². The highest BCUT2D eigenvalue weighted by Gasteiger charge is 2.20. The van der Waals surface area contributed by atoms with Gasteiger partial charge in [0, 0.05) is 23.5 Å². The summed E-state index contributed by atoms with van der Waals surface area (Å²) in [5.41, 5.74) is 1.13. The molecule has 0 saturated heterocycles. The maximum atomic E-state index is 13.0. The molecule has 0 spiro atoms. The molecule has 0 aliphatic heterocycles. The number of ether oxygens (including phenoxy) is 1. The van der Waals surface area contributed by atoms with Crippen LogP contribution in [0.1, 0.15) is 5.56 Å². The third-order valence-corrected chi connectivity index (χ3v) is 4.66. The highest BCUT2D eigenvalue weighted by Crippen LogP contribution is 2.27. The molecule has 30 heavy (non-hydrogen) atoms. The van der Waals surface area contributed by atoms with E-state index in [1.807, 2.05) is 6.07 Å². The van der Waals surface area contributed by atoms with Crippen LogP contribution in [0, 0.1) is 0 Å². The van der Waals surface area contributed by atoms with E-state index in [1.165, 1.54) is 19.4 Å². The first-order chi connectivity index (χ1) is 14.5. The molecule has 1 aromatic heterocycles. The molecule has 0 unspecified atom stereocenters. The number of methoxy groups -OCH3 is 1. The summed E-state index contributed by atoms with van der Waals surface area (Å²) >= 11 is 12.3. The molecule has 2 aromatic carbocycles. The number of para-hydroxylation sites is 1. The second kappa shape index (κ2) is 9.91. The Kier molecular flexibility index (Phi) is 7.06.